The van der Waals surface area contributed by atoms with Crippen molar-refractivity contribution in [3.8, 4) is 0 Å². The Hall–Kier alpha value is 0.270. The van der Waals surface area contributed by atoms with E-state index in [1.807, 2.05) is 0 Å². The minimum Gasteiger partial charge on any atom is -0.314 e. The van der Waals surface area contributed by atoms with Crippen LogP contribution in [0, 0.1) is 0 Å². The molecule has 1 heterocycles. The molecule has 1 aliphatic rings. The molecule has 0 aromatic rings. The van der Waals surface area contributed by atoms with Crippen LogP contribution in [0.1, 0.15) is 19.3 Å². The Morgan fingerprint density at radius 1 is 1.42 bits per heavy atom. The number of hydrogen-bond donors (Lipinski definition) is 2. The predicted octanol–water partition coefficient (Wildman–Crippen LogP) is 0.990. The van der Waals surface area contributed by atoms with Gasteiger partial charge in [-0.3, -0.25) is 0 Å². The SMILES string of the molecule is CN1CCC(NCCCS)CC1. The third-order valence-electron chi connectivity index (χ3n) is 2.49. The maximum Gasteiger partial charge on any atom is 0.00914 e. The van der Waals surface area contributed by atoms with E-state index in [4.69, 9.17) is 0 Å². The second kappa shape index (κ2) is 5.84. The van der Waals surface area contributed by atoms with Crippen LogP contribution in [0.4, 0.5) is 0 Å². The van der Waals surface area contributed by atoms with Gasteiger partial charge in [-0.05, 0) is 51.7 Å². The summed E-state index contributed by atoms with van der Waals surface area (Å²) in [5.41, 5.74) is 0. The maximum atomic E-state index is 4.18. The van der Waals surface area contributed by atoms with Gasteiger partial charge in [-0.1, -0.05) is 0 Å². The summed E-state index contributed by atoms with van der Waals surface area (Å²) in [6, 6.07) is 0.765. The number of hydrogen-bond acceptors (Lipinski definition) is 3. The highest BCUT2D eigenvalue weighted by molar-refractivity contribution is 7.80. The quantitative estimate of drug-likeness (QED) is 0.505. The van der Waals surface area contributed by atoms with Gasteiger partial charge in [0.05, 0.1) is 0 Å². The van der Waals surface area contributed by atoms with E-state index >= 15 is 0 Å². The summed E-state index contributed by atoms with van der Waals surface area (Å²) < 4.78 is 0. The molecule has 1 aliphatic heterocycles. The van der Waals surface area contributed by atoms with E-state index < -0.39 is 0 Å². The first-order chi connectivity index (χ1) is 5.83. The van der Waals surface area contributed by atoms with Crippen LogP contribution in [0.15, 0.2) is 0 Å². The molecule has 0 amide bonds. The Morgan fingerprint density at radius 3 is 2.67 bits per heavy atom. The normalized spacial score (nSPS) is 21.5. The van der Waals surface area contributed by atoms with Crippen molar-refractivity contribution in [1.82, 2.24) is 10.2 Å². The lowest BCUT2D eigenvalue weighted by Crippen LogP contribution is -2.41. The van der Waals surface area contributed by atoms with Gasteiger partial charge in [0.15, 0.2) is 0 Å². The molecule has 1 fully saturated rings. The summed E-state index contributed by atoms with van der Waals surface area (Å²) in [6.07, 6.45) is 3.81. The molecule has 72 valence electrons. The van der Waals surface area contributed by atoms with Crippen LogP contribution in [0.2, 0.25) is 0 Å². The zero-order valence-electron chi connectivity index (χ0n) is 7.92. The van der Waals surface area contributed by atoms with E-state index in [1.54, 1.807) is 0 Å². The van der Waals surface area contributed by atoms with Crippen molar-refractivity contribution in [2.24, 2.45) is 0 Å². The first-order valence-electron chi connectivity index (χ1n) is 4.85. The minimum absolute atomic E-state index is 0.765. The van der Waals surface area contributed by atoms with E-state index in [0.717, 1.165) is 18.3 Å². The Kier molecular flexibility index (Phi) is 5.04. The minimum atomic E-state index is 0.765. The summed E-state index contributed by atoms with van der Waals surface area (Å²) in [6.45, 7) is 3.63. The van der Waals surface area contributed by atoms with Crippen LogP contribution in [-0.4, -0.2) is 43.4 Å². The average Bonchev–Trinajstić information content (AvgIpc) is 2.09. The predicted molar refractivity (Wildman–Crippen MR) is 57.0 cm³/mol. The smallest absolute Gasteiger partial charge is 0.00914 e. The molecule has 12 heavy (non-hydrogen) atoms. The standard InChI is InChI=1S/C9H20N2S/c1-11-6-3-9(4-7-11)10-5-2-8-12/h9-10,12H,2-8H2,1H3. The number of nitrogens with zero attached hydrogens (tertiary/aromatic N) is 1. The number of rotatable bonds is 4. The molecule has 0 unspecified atom stereocenters. The van der Waals surface area contributed by atoms with E-state index in [1.165, 1.54) is 32.4 Å². The van der Waals surface area contributed by atoms with Gasteiger partial charge < -0.3 is 10.2 Å². The molecule has 0 atom stereocenters. The van der Waals surface area contributed by atoms with Crippen LogP contribution >= 0.6 is 12.6 Å². The van der Waals surface area contributed by atoms with Gasteiger partial charge in [0.2, 0.25) is 0 Å². The molecular weight excluding hydrogens is 168 g/mol. The molecule has 1 rings (SSSR count). The number of likely N-dealkylation sites (tertiary alicyclic amines) is 1. The number of piperidine rings is 1. The van der Waals surface area contributed by atoms with Crippen LogP contribution in [0.25, 0.3) is 0 Å². The topological polar surface area (TPSA) is 15.3 Å². The van der Waals surface area contributed by atoms with Crippen molar-refractivity contribution in [2.45, 2.75) is 25.3 Å². The molecule has 0 aromatic heterocycles. The highest BCUT2D eigenvalue weighted by Gasteiger charge is 2.14. The summed E-state index contributed by atoms with van der Waals surface area (Å²) in [5.74, 6) is 1.000. The average molecular weight is 188 g/mol. The fourth-order valence-electron chi connectivity index (χ4n) is 1.60. The van der Waals surface area contributed by atoms with Crippen molar-refractivity contribution in [2.75, 3.05) is 32.4 Å². The van der Waals surface area contributed by atoms with E-state index in [-0.39, 0.29) is 0 Å². The second-order valence-corrected chi connectivity index (χ2v) is 4.06. The zero-order chi connectivity index (χ0) is 8.81. The van der Waals surface area contributed by atoms with Crippen LogP contribution in [0.5, 0.6) is 0 Å². The van der Waals surface area contributed by atoms with Gasteiger partial charge in [0, 0.05) is 6.04 Å². The molecule has 0 aromatic carbocycles. The lowest BCUT2D eigenvalue weighted by atomic mass is 10.1. The van der Waals surface area contributed by atoms with Crippen molar-refractivity contribution in [3.05, 3.63) is 0 Å². The van der Waals surface area contributed by atoms with E-state index in [9.17, 15) is 0 Å². The van der Waals surface area contributed by atoms with Crippen LogP contribution in [0.3, 0.4) is 0 Å². The van der Waals surface area contributed by atoms with Crippen LogP contribution < -0.4 is 5.32 Å². The van der Waals surface area contributed by atoms with E-state index in [0.29, 0.717) is 0 Å². The molecule has 0 bridgehead atoms. The molecule has 0 radical (unpaired) electrons. The molecular formula is C9H20N2S. The number of thiol groups is 1. The molecule has 1 saturated heterocycles. The van der Waals surface area contributed by atoms with Crippen LogP contribution in [-0.2, 0) is 0 Å². The summed E-state index contributed by atoms with van der Waals surface area (Å²) >= 11 is 4.18. The van der Waals surface area contributed by atoms with Gasteiger partial charge in [-0.25, -0.2) is 0 Å². The third kappa shape index (κ3) is 3.78. The first-order valence-corrected chi connectivity index (χ1v) is 5.49. The van der Waals surface area contributed by atoms with Gasteiger partial charge in [-0.15, -0.1) is 0 Å². The highest BCUT2D eigenvalue weighted by Crippen LogP contribution is 2.07. The van der Waals surface area contributed by atoms with Crippen molar-refractivity contribution in [1.29, 1.82) is 0 Å². The van der Waals surface area contributed by atoms with Crippen molar-refractivity contribution < 1.29 is 0 Å². The summed E-state index contributed by atoms with van der Waals surface area (Å²) in [7, 11) is 2.20. The van der Waals surface area contributed by atoms with Crippen molar-refractivity contribution >= 4 is 12.6 Å². The number of nitrogens with one attached hydrogen (secondary N) is 1. The third-order valence-corrected chi connectivity index (χ3v) is 2.80. The molecule has 2 nitrogen and oxygen atoms in total. The second-order valence-electron chi connectivity index (χ2n) is 3.61. The lowest BCUT2D eigenvalue weighted by Gasteiger charge is -2.29. The molecule has 0 aliphatic carbocycles. The Labute approximate surface area is 81.1 Å². The fourth-order valence-corrected chi connectivity index (χ4v) is 1.76. The lowest BCUT2D eigenvalue weighted by molar-refractivity contribution is 0.235. The molecule has 0 spiro atoms. The Morgan fingerprint density at radius 2 is 2.08 bits per heavy atom. The summed E-state index contributed by atoms with van der Waals surface area (Å²) in [4.78, 5) is 2.40. The first kappa shape index (κ1) is 10.4. The summed E-state index contributed by atoms with van der Waals surface area (Å²) in [5, 5.41) is 3.57. The highest BCUT2D eigenvalue weighted by atomic mass is 32.1. The fraction of sp³-hybridized carbons (Fsp3) is 1.00. The Balaban J connectivity index is 2.01. The largest absolute Gasteiger partial charge is 0.314 e. The van der Waals surface area contributed by atoms with Gasteiger partial charge in [0.25, 0.3) is 0 Å². The van der Waals surface area contributed by atoms with Gasteiger partial charge in [0.1, 0.15) is 0 Å². The Bertz CT molecular complexity index is 111. The van der Waals surface area contributed by atoms with Crippen molar-refractivity contribution in [3.63, 3.8) is 0 Å². The zero-order valence-corrected chi connectivity index (χ0v) is 8.82. The molecule has 3 heteroatoms. The van der Waals surface area contributed by atoms with Gasteiger partial charge >= 0.3 is 0 Å². The maximum absolute atomic E-state index is 4.18. The van der Waals surface area contributed by atoms with E-state index in [2.05, 4.69) is 29.9 Å². The molecule has 0 saturated carbocycles. The van der Waals surface area contributed by atoms with Gasteiger partial charge in [-0.2, -0.15) is 12.6 Å². The monoisotopic (exact) mass is 188 g/mol. The molecule has 1 N–H and O–H groups in total.